The molecule has 2 aromatic rings. The van der Waals surface area contributed by atoms with Crippen LogP contribution in [0, 0.1) is 0 Å². The number of piperidine rings is 1. The highest BCUT2D eigenvalue weighted by Crippen LogP contribution is 2.38. The van der Waals surface area contributed by atoms with Crippen molar-refractivity contribution >= 4 is 5.91 Å². The Balaban J connectivity index is 1.28. The molecule has 1 aliphatic carbocycles. The predicted octanol–water partition coefficient (Wildman–Crippen LogP) is 4.32. The molecule has 150 valence electrons. The zero-order chi connectivity index (χ0) is 19.2. The standard InChI is InChI=1S/C24H33N3O/c28-23(19-24(13-5-2-6-14-24)27-15-7-8-16-27)25-22-11-17-26(18-12-22)20-21-9-3-1-4-10-21/h1,3-4,7-10,15-16,22H,2,5-6,11-14,17-20H2,(H,25,28). The van der Waals surface area contributed by atoms with Gasteiger partial charge in [-0.05, 0) is 43.4 Å². The van der Waals surface area contributed by atoms with Crippen molar-refractivity contribution in [2.45, 2.75) is 69.5 Å². The van der Waals surface area contributed by atoms with Gasteiger partial charge in [0.2, 0.25) is 5.91 Å². The van der Waals surface area contributed by atoms with Crippen LogP contribution in [0.4, 0.5) is 0 Å². The van der Waals surface area contributed by atoms with Gasteiger partial charge in [0, 0.05) is 38.1 Å². The van der Waals surface area contributed by atoms with Crippen LogP contribution in [0.25, 0.3) is 0 Å². The lowest BCUT2D eigenvalue weighted by Gasteiger charge is -2.39. The van der Waals surface area contributed by atoms with Gasteiger partial charge in [0.15, 0.2) is 0 Å². The summed E-state index contributed by atoms with van der Waals surface area (Å²) in [5.41, 5.74) is 1.36. The van der Waals surface area contributed by atoms with Crippen LogP contribution in [-0.2, 0) is 16.9 Å². The summed E-state index contributed by atoms with van der Waals surface area (Å²) in [5.74, 6) is 0.233. The minimum atomic E-state index is -0.0140. The van der Waals surface area contributed by atoms with Crippen molar-refractivity contribution in [2.24, 2.45) is 0 Å². The number of carbonyl (C=O) groups excluding carboxylic acids is 1. The van der Waals surface area contributed by atoms with Crippen LogP contribution in [0.5, 0.6) is 0 Å². The molecular weight excluding hydrogens is 346 g/mol. The average Bonchev–Trinajstić information content (AvgIpc) is 3.27. The van der Waals surface area contributed by atoms with Crippen molar-refractivity contribution in [2.75, 3.05) is 13.1 Å². The number of hydrogen-bond acceptors (Lipinski definition) is 2. The normalized spacial score (nSPS) is 20.7. The fourth-order valence-corrected chi connectivity index (χ4v) is 5.04. The Bertz CT molecular complexity index is 726. The van der Waals surface area contributed by atoms with Crippen LogP contribution in [0.15, 0.2) is 54.9 Å². The van der Waals surface area contributed by atoms with E-state index < -0.39 is 0 Å². The summed E-state index contributed by atoms with van der Waals surface area (Å²) >= 11 is 0. The van der Waals surface area contributed by atoms with E-state index in [0.29, 0.717) is 12.5 Å². The lowest BCUT2D eigenvalue weighted by atomic mass is 9.78. The van der Waals surface area contributed by atoms with E-state index in [2.05, 4.69) is 69.6 Å². The minimum absolute atomic E-state index is 0.0140. The summed E-state index contributed by atoms with van der Waals surface area (Å²) < 4.78 is 2.30. The molecule has 4 heteroatoms. The molecule has 1 aromatic carbocycles. The SMILES string of the molecule is O=C(CC1(n2cccc2)CCCCC1)NC1CCN(Cc2ccccc2)CC1. The van der Waals surface area contributed by atoms with E-state index in [4.69, 9.17) is 0 Å². The third-order valence-corrected chi connectivity index (χ3v) is 6.63. The Hall–Kier alpha value is -2.07. The van der Waals surface area contributed by atoms with Crippen LogP contribution in [0.2, 0.25) is 0 Å². The molecule has 1 saturated carbocycles. The molecule has 1 aromatic heterocycles. The molecule has 4 rings (SSSR count). The van der Waals surface area contributed by atoms with Gasteiger partial charge < -0.3 is 9.88 Å². The zero-order valence-corrected chi connectivity index (χ0v) is 16.9. The molecule has 1 saturated heterocycles. The number of hydrogen-bond donors (Lipinski definition) is 1. The maximum Gasteiger partial charge on any atom is 0.222 e. The number of carbonyl (C=O) groups is 1. The maximum atomic E-state index is 12.9. The molecule has 2 fully saturated rings. The van der Waals surface area contributed by atoms with Crippen LogP contribution >= 0.6 is 0 Å². The molecule has 0 atom stereocenters. The Morgan fingerprint density at radius 1 is 0.964 bits per heavy atom. The predicted molar refractivity (Wildman–Crippen MR) is 113 cm³/mol. The van der Waals surface area contributed by atoms with Crippen molar-refractivity contribution in [3.05, 3.63) is 60.4 Å². The molecule has 0 radical (unpaired) electrons. The van der Waals surface area contributed by atoms with Crippen molar-refractivity contribution in [1.82, 2.24) is 14.8 Å². The van der Waals surface area contributed by atoms with Gasteiger partial charge in [-0.3, -0.25) is 9.69 Å². The van der Waals surface area contributed by atoms with Gasteiger partial charge in [0.25, 0.3) is 0 Å². The molecule has 0 bridgehead atoms. The highest BCUT2D eigenvalue weighted by Gasteiger charge is 2.36. The number of likely N-dealkylation sites (tertiary alicyclic amines) is 1. The highest BCUT2D eigenvalue weighted by molar-refractivity contribution is 5.77. The summed E-state index contributed by atoms with van der Waals surface area (Å²) in [7, 11) is 0. The number of benzene rings is 1. The van der Waals surface area contributed by atoms with E-state index in [0.717, 1.165) is 45.3 Å². The fraction of sp³-hybridized carbons (Fsp3) is 0.542. The first kappa shape index (κ1) is 19.3. The molecule has 4 nitrogen and oxygen atoms in total. The first-order chi connectivity index (χ1) is 13.7. The van der Waals surface area contributed by atoms with Gasteiger partial charge in [0.1, 0.15) is 0 Å². The monoisotopic (exact) mass is 379 g/mol. The first-order valence-electron chi connectivity index (χ1n) is 10.9. The number of nitrogens with zero attached hydrogens (tertiary/aromatic N) is 2. The van der Waals surface area contributed by atoms with Gasteiger partial charge in [-0.15, -0.1) is 0 Å². The topological polar surface area (TPSA) is 37.3 Å². The molecule has 2 aliphatic rings. The molecule has 1 N–H and O–H groups in total. The fourth-order valence-electron chi connectivity index (χ4n) is 5.04. The van der Waals surface area contributed by atoms with Gasteiger partial charge >= 0.3 is 0 Å². The molecule has 0 spiro atoms. The smallest absolute Gasteiger partial charge is 0.222 e. The van der Waals surface area contributed by atoms with Crippen LogP contribution in [0.3, 0.4) is 0 Å². The van der Waals surface area contributed by atoms with Crippen molar-refractivity contribution in [3.63, 3.8) is 0 Å². The van der Waals surface area contributed by atoms with E-state index in [9.17, 15) is 4.79 Å². The molecular formula is C24H33N3O. The molecule has 2 heterocycles. The van der Waals surface area contributed by atoms with Crippen LogP contribution in [0.1, 0.15) is 56.9 Å². The van der Waals surface area contributed by atoms with E-state index in [1.807, 2.05) is 0 Å². The largest absolute Gasteiger partial charge is 0.353 e. The Kier molecular flexibility index (Phi) is 6.16. The molecule has 28 heavy (non-hydrogen) atoms. The lowest BCUT2D eigenvalue weighted by Crippen LogP contribution is -2.47. The maximum absolute atomic E-state index is 12.9. The van der Waals surface area contributed by atoms with Gasteiger partial charge in [-0.2, -0.15) is 0 Å². The van der Waals surface area contributed by atoms with E-state index in [-0.39, 0.29) is 11.4 Å². The summed E-state index contributed by atoms with van der Waals surface area (Å²) in [6.45, 7) is 3.13. The molecule has 0 unspecified atom stereocenters. The Labute approximate surface area is 168 Å². The first-order valence-corrected chi connectivity index (χ1v) is 10.9. The summed E-state index contributed by atoms with van der Waals surface area (Å²) in [4.78, 5) is 15.4. The molecule has 1 aliphatic heterocycles. The zero-order valence-electron chi connectivity index (χ0n) is 16.9. The third-order valence-electron chi connectivity index (χ3n) is 6.63. The Morgan fingerprint density at radius 2 is 1.64 bits per heavy atom. The van der Waals surface area contributed by atoms with E-state index in [1.165, 1.54) is 24.8 Å². The second-order valence-electron chi connectivity index (χ2n) is 8.66. The third kappa shape index (κ3) is 4.67. The average molecular weight is 380 g/mol. The van der Waals surface area contributed by atoms with Crippen LogP contribution in [-0.4, -0.2) is 34.5 Å². The lowest BCUT2D eigenvalue weighted by molar-refractivity contribution is -0.124. The second-order valence-corrected chi connectivity index (χ2v) is 8.66. The summed E-state index contributed by atoms with van der Waals surface area (Å²) in [5, 5.41) is 3.36. The number of amides is 1. The minimum Gasteiger partial charge on any atom is -0.353 e. The van der Waals surface area contributed by atoms with Crippen molar-refractivity contribution in [1.29, 1.82) is 0 Å². The Morgan fingerprint density at radius 3 is 2.32 bits per heavy atom. The van der Waals surface area contributed by atoms with Crippen molar-refractivity contribution in [3.8, 4) is 0 Å². The highest BCUT2D eigenvalue weighted by atomic mass is 16.1. The summed E-state index contributed by atoms with van der Waals surface area (Å²) in [6.07, 6.45) is 13.0. The number of aromatic nitrogens is 1. The number of nitrogens with one attached hydrogen (secondary N) is 1. The number of rotatable bonds is 6. The second kappa shape index (κ2) is 8.95. The van der Waals surface area contributed by atoms with E-state index >= 15 is 0 Å². The van der Waals surface area contributed by atoms with Crippen LogP contribution < -0.4 is 5.32 Å². The van der Waals surface area contributed by atoms with Gasteiger partial charge in [-0.25, -0.2) is 0 Å². The summed E-state index contributed by atoms with van der Waals surface area (Å²) in [6, 6.07) is 15.1. The van der Waals surface area contributed by atoms with E-state index in [1.54, 1.807) is 0 Å². The quantitative estimate of drug-likeness (QED) is 0.812. The van der Waals surface area contributed by atoms with Gasteiger partial charge in [0.05, 0.1) is 12.0 Å². The molecule has 1 amide bonds. The van der Waals surface area contributed by atoms with Crippen molar-refractivity contribution < 1.29 is 4.79 Å². The van der Waals surface area contributed by atoms with Gasteiger partial charge in [-0.1, -0.05) is 49.6 Å².